The van der Waals surface area contributed by atoms with Gasteiger partial charge in [0.25, 0.3) is 0 Å². The molecule has 1 aliphatic carbocycles. The molecule has 1 aromatic carbocycles. The second kappa shape index (κ2) is 11.8. The number of rotatable bonds is 10. The number of nitriles is 2. The van der Waals surface area contributed by atoms with E-state index in [2.05, 4.69) is 38.1 Å². The first kappa shape index (κ1) is 21.5. The summed E-state index contributed by atoms with van der Waals surface area (Å²) >= 11 is 0. The second-order valence-electron chi connectivity index (χ2n) is 8.38. The lowest BCUT2D eigenvalue weighted by Gasteiger charge is -2.28. The Bertz CT molecular complexity index is 654. The zero-order chi connectivity index (χ0) is 19.5. The molecular formula is C25H36N2. The van der Waals surface area contributed by atoms with Crippen molar-refractivity contribution in [2.24, 2.45) is 11.8 Å². The van der Waals surface area contributed by atoms with E-state index in [4.69, 9.17) is 0 Å². The van der Waals surface area contributed by atoms with Gasteiger partial charge in [-0.25, -0.2) is 0 Å². The number of hydrogen-bond donors (Lipinski definition) is 0. The van der Waals surface area contributed by atoms with E-state index < -0.39 is 0 Å². The SMILES string of the molecule is CCCCCC1CCC(CCc2ccc(CCCC)c(C#N)c2C#N)CC1. The van der Waals surface area contributed by atoms with E-state index in [1.54, 1.807) is 0 Å². The van der Waals surface area contributed by atoms with Crippen LogP contribution in [0.2, 0.25) is 0 Å². The Labute approximate surface area is 166 Å². The standard InChI is InChI=1S/C25H36N2/c1-3-5-7-8-20-10-12-21(13-11-20)14-15-23-17-16-22(9-6-4-2)24(18-26)25(23)19-27/h16-17,20-21H,3-15H2,1-2H3. The first-order valence-electron chi connectivity index (χ1n) is 11.2. The number of unbranched alkanes of at least 4 members (excludes halogenated alkanes) is 3. The lowest BCUT2D eigenvalue weighted by Crippen LogP contribution is -2.15. The van der Waals surface area contributed by atoms with E-state index >= 15 is 0 Å². The van der Waals surface area contributed by atoms with Gasteiger partial charge in [-0.1, -0.05) is 83.8 Å². The zero-order valence-corrected chi connectivity index (χ0v) is 17.4. The summed E-state index contributed by atoms with van der Waals surface area (Å²) in [6, 6.07) is 8.85. The first-order valence-corrected chi connectivity index (χ1v) is 11.2. The predicted octanol–water partition coefficient (Wildman–Crippen LogP) is 7.09. The molecule has 2 rings (SSSR count). The van der Waals surface area contributed by atoms with Crippen molar-refractivity contribution in [2.45, 2.75) is 97.3 Å². The van der Waals surface area contributed by atoms with Crippen LogP contribution in [0.1, 0.15) is 107 Å². The average Bonchev–Trinajstić information content (AvgIpc) is 2.71. The van der Waals surface area contributed by atoms with Gasteiger partial charge >= 0.3 is 0 Å². The fourth-order valence-corrected chi connectivity index (χ4v) is 4.58. The maximum absolute atomic E-state index is 9.65. The molecule has 2 nitrogen and oxygen atoms in total. The Kier molecular flexibility index (Phi) is 9.41. The van der Waals surface area contributed by atoms with Gasteiger partial charge in [-0.3, -0.25) is 0 Å². The maximum atomic E-state index is 9.65. The van der Waals surface area contributed by atoms with Gasteiger partial charge in [-0.15, -0.1) is 0 Å². The Morgan fingerprint density at radius 3 is 1.78 bits per heavy atom. The number of nitrogens with zero attached hydrogens (tertiary/aromatic N) is 2. The van der Waals surface area contributed by atoms with Gasteiger partial charge in [0.15, 0.2) is 0 Å². The smallest absolute Gasteiger partial charge is 0.101 e. The molecule has 2 heteroatoms. The quantitative estimate of drug-likeness (QED) is 0.416. The molecule has 0 aromatic heterocycles. The summed E-state index contributed by atoms with van der Waals surface area (Å²) in [4.78, 5) is 0. The average molecular weight is 365 g/mol. The molecule has 0 saturated heterocycles. The van der Waals surface area contributed by atoms with Crippen molar-refractivity contribution < 1.29 is 0 Å². The van der Waals surface area contributed by atoms with Crippen LogP contribution in [0.4, 0.5) is 0 Å². The van der Waals surface area contributed by atoms with Crippen LogP contribution in [0.25, 0.3) is 0 Å². The Morgan fingerprint density at radius 1 is 0.741 bits per heavy atom. The molecule has 0 amide bonds. The van der Waals surface area contributed by atoms with Gasteiger partial charge in [-0.05, 0) is 48.6 Å². The van der Waals surface area contributed by atoms with E-state index in [0.717, 1.165) is 55.1 Å². The minimum absolute atomic E-state index is 0.628. The van der Waals surface area contributed by atoms with Gasteiger partial charge < -0.3 is 0 Å². The molecule has 1 aromatic rings. The fourth-order valence-electron chi connectivity index (χ4n) is 4.58. The molecule has 0 bridgehead atoms. The van der Waals surface area contributed by atoms with Crippen molar-refractivity contribution >= 4 is 0 Å². The van der Waals surface area contributed by atoms with Crippen molar-refractivity contribution in [3.05, 3.63) is 34.4 Å². The highest BCUT2D eigenvalue weighted by Crippen LogP contribution is 2.34. The van der Waals surface area contributed by atoms with Gasteiger partial charge in [0.05, 0.1) is 11.1 Å². The van der Waals surface area contributed by atoms with Crippen molar-refractivity contribution in [1.29, 1.82) is 10.5 Å². The molecule has 0 heterocycles. The van der Waals surface area contributed by atoms with Crippen LogP contribution in [-0.4, -0.2) is 0 Å². The lowest BCUT2D eigenvalue weighted by atomic mass is 9.77. The molecule has 146 valence electrons. The number of hydrogen-bond acceptors (Lipinski definition) is 2. The lowest BCUT2D eigenvalue weighted by molar-refractivity contribution is 0.249. The first-order chi connectivity index (χ1) is 13.2. The Balaban J connectivity index is 1.91. The molecule has 1 saturated carbocycles. The highest BCUT2D eigenvalue weighted by molar-refractivity contribution is 5.54. The van der Waals surface area contributed by atoms with Gasteiger partial charge in [0, 0.05) is 0 Å². The Hall–Kier alpha value is -1.80. The molecule has 0 spiro atoms. The largest absolute Gasteiger partial charge is 0.192 e. The summed E-state index contributed by atoms with van der Waals surface area (Å²) in [5.41, 5.74) is 3.40. The molecule has 0 unspecified atom stereocenters. The third-order valence-electron chi connectivity index (χ3n) is 6.41. The normalized spacial score (nSPS) is 19.4. The van der Waals surface area contributed by atoms with Crippen LogP contribution < -0.4 is 0 Å². The molecule has 1 aliphatic rings. The molecule has 0 N–H and O–H groups in total. The van der Waals surface area contributed by atoms with E-state index in [9.17, 15) is 10.5 Å². The molecule has 1 fully saturated rings. The van der Waals surface area contributed by atoms with Crippen LogP contribution >= 0.6 is 0 Å². The molecule has 27 heavy (non-hydrogen) atoms. The fraction of sp³-hybridized carbons (Fsp3) is 0.680. The van der Waals surface area contributed by atoms with Crippen LogP contribution in [0.15, 0.2) is 12.1 Å². The predicted molar refractivity (Wildman–Crippen MR) is 112 cm³/mol. The van der Waals surface area contributed by atoms with E-state index in [-0.39, 0.29) is 0 Å². The third-order valence-corrected chi connectivity index (χ3v) is 6.41. The third kappa shape index (κ3) is 6.39. The summed E-state index contributed by atoms with van der Waals surface area (Å²) in [6.45, 7) is 4.44. The zero-order valence-electron chi connectivity index (χ0n) is 17.4. The molecule has 0 radical (unpaired) electrons. The topological polar surface area (TPSA) is 47.6 Å². The minimum atomic E-state index is 0.628. The van der Waals surface area contributed by atoms with E-state index in [0.29, 0.717) is 11.1 Å². The minimum Gasteiger partial charge on any atom is -0.192 e. The van der Waals surface area contributed by atoms with Crippen LogP contribution in [-0.2, 0) is 12.8 Å². The highest BCUT2D eigenvalue weighted by atomic mass is 14.3. The molecule has 0 atom stereocenters. The number of aryl methyl sites for hydroxylation is 2. The molecule has 0 aliphatic heterocycles. The van der Waals surface area contributed by atoms with Gasteiger partial charge in [-0.2, -0.15) is 10.5 Å². The molecular weight excluding hydrogens is 328 g/mol. The summed E-state index contributed by atoms with van der Waals surface area (Å²) in [5.74, 6) is 1.75. The van der Waals surface area contributed by atoms with E-state index in [1.165, 1.54) is 51.4 Å². The van der Waals surface area contributed by atoms with Crippen LogP contribution in [0.5, 0.6) is 0 Å². The van der Waals surface area contributed by atoms with Crippen molar-refractivity contribution in [3.63, 3.8) is 0 Å². The highest BCUT2D eigenvalue weighted by Gasteiger charge is 2.21. The van der Waals surface area contributed by atoms with Crippen molar-refractivity contribution in [2.75, 3.05) is 0 Å². The number of benzene rings is 1. The van der Waals surface area contributed by atoms with Crippen molar-refractivity contribution in [3.8, 4) is 12.1 Å². The summed E-state index contributed by atoms with van der Waals surface area (Å²) in [6.07, 6.45) is 16.2. The monoisotopic (exact) mass is 364 g/mol. The van der Waals surface area contributed by atoms with Crippen LogP contribution in [0.3, 0.4) is 0 Å². The van der Waals surface area contributed by atoms with Crippen molar-refractivity contribution in [1.82, 2.24) is 0 Å². The summed E-state index contributed by atoms with van der Waals surface area (Å²) < 4.78 is 0. The van der Waals surface area contributed by atoms with Crippen LogP contribution in [0, 0.1) is 34.5 Å². The van der Waals surface area contributed by atoms with E-state index in [1.807, 2.05) is 0 Å². The van der Waals surface area contributed by atoms with Gasteiger partial charge in [0.1, 0.15) is 12.1 Å². The second-order valence-corrected chi connectivity index (χ2v) is 8.38. The summed E-state index contributed by atoms with van der Waals surface area (Å²) in [5, 5.41) is 19.2. The maximum Gasteiger partial charge on any atom is 0.101 e. The van der Waals surface area contributed by atoms with Gasteiger partial charge in [0.2, 0.25) is 0 Å². The Morgan fingerprint density at radius 2 is 1.26 bits per heavy atom. The summed E-state index contributed by atoms with van der Waals surface area (Å²) in [7, 11) is 0.